The molecule has 0 spiro atoms. The normalized spacial score (nSPS) is 22.7. The van der Waals surface area contributed by atoms with Gasteiger partial charge in [-0.25, -0.2) is 9.78 Å². The van der Waals surface area contributed by atoms with Gasteiger partial charge in [-0.1, -0.05) is 30.3 Å². The predicted molar refractivity (Wildman–Crippen MR) is 79.3 cm³/mol. The SMILES string of the molecule is O=C=NC1CC(c2ncc[nH]2)CCN1Cc1ccccc1. The molecule has 1 aromatic heterocycles. The lowest BCUT2D eigenvalue weighted by Crippen LogP contribution is -2.40. The summed E-state index contributed by atoms with van der Waals surface area (Å²) in [5.41, 5.74) is 1.24. The van der Waals surface area contributed by atoms with Crippen molar-refractivity contribution in [3.8, 4) is 0 Å². The molecule has 0 radical (unpaired) electrons. The Bertz CT molecular complexity index is 604. The second-order valence-electron chi connectivity index (χ2n) is 5.35. The first-order chi connectivity index (χ1) is 10.4. The van der Waals surface area contributed by atoms with Crippen LogP contribution in [0, 0.1) is 0 Å². The number of carbonyl (C=O) groups excluding carboxylic acids is 1. The van der Waals surface area contributed by atoms with E-state index in [0.29, 0.717) is 5.92 Å². The maximum absolute atomic E-state index is 10.7. The van der Waals surface area contributed by atoms with Crippen LogP contribution in [0.4, 0.5) is 0 Å². The van der Waals surface area contributed by atoms with E-state index in [9.17, 15) is 4.79 Å². The van der Waals surface area contributed by atoms with Gasteiger partial charge in [-0.15, -0.1) is 0 Å². The molecule has 1 aliphatic rings. The van der Waals surface area contributed by atoms with Crippen LogP contribution < -0.4 is 0 Å². The fourth-order valence-corrected chi connectivity index (χ4v) is 2.94. The maximum atomic E-state index is 10.7. The Hall–Kier alpha value is -2.23. The van der Waals surface area contributed by atoms with Crippen LogP contribution in [0.15, 0.2) is 47.7 Å². The third kappa shape index (κ3) is 3.27. The number of likely N-dealkylation sites (tertiary alicyclic amines) is 1. The smallest absolute Gasteiger partial charge is 0.236 e. The summed E-state index contributed by atoms with van der Waals surface area (Å²) in [6.07, 6.45) is 7.03. The molecule has 0 saturated carbocycles. The molecule has 2 unspecified atom stereocenters. The van der Waals surface area contributed by atoms with Crippen LogP contribution in [0.1, 0.15) is 30.1 Å². The zero-order valence-electron chi connectivity index (χ0n) is 11.8. The minimum atomic E-state index is -0.119. The topological polar surface area (TPSA) is 61.4 Å². The molecule has 1 N–H and O–H groups in total. The number of aliphatic imine (C=N–C) groups is 1. The maximum Gasteiger partial charge on any atom is 0.236 e. The van der Waals surface area contributed by atoms with Crippen molar-refractivity contribution in [3.63, 3.8) is 0 Å². The van der Waals surface area contributed by atoms with E-state index in [1.807, 2.05) is 24.4 Å². The molecule has 3 rings (SSSR count). The Kier molecular flexibility index (Phi) is 4.24. The van der Waals surface area contributed by atoms with E-state index in [1.165, 1.54) is 5.56 Å². The second-order valence-corrected chi connectivity index (χ2v) is 5.35. The summed E-state index contributed by atoms with van der Waals surface area (Å²) in [5.74, 6) is 1.31. The van der Waals surface area contributed by atoms with E-state index in [4.69, 9.17) is 0 Å². The molecule has 1 fully saturated rings. The molecule has 1 saturated heterocycles. The lowest BCUT2D eigenvalue weighted by molar-refractivity contribution is 0.130. The average molecular weight is 282 g/mol. The first-order valence-electron chi connectivity index (χ1n) is 7.21. The van der Waals surface area contributed by atoms with Crippen molar-refractivity contribution in [2.45, 2.75) is 31.5 Å². The number of imidazole rings is 1. The number of isocyanates is 1. The van der Waals surface area contributed by atoms with Gasteiger partial charge >= 0.3 is 0 Å². The summed E-state index contributed by atoms with van der Waals surface area (Å²) in [4.78, 5) is 24.5. The molecule has 2 atom stereocenters. The number of hydrogen-bond acceptors (Lipinski definition) is 4. The van der Waals surface area contributed by atoms with Gasteiger partial charge in [0.1, 0.15) is 12.0 Å². The molecule has 2 aromatic rings. The lowest BCUT2D eigenvalue weighted by atomic mass is 9.93. The minimum absolute atomic E-state index is 0.119. The Morgan fingerprint density at radius 1 is 1.38 bits per heavy atom. The molecule has 1 aromatic carbocycles. The standard InChI is InChI=1S/C16H18N4O/c21-12-19-15-10-14(16-17-7-8-18-16)6-9-20(15)11-13-4-2-1-3-5-13/h1-5,7-8,14-15H,6,9-11H2,(H,17,18). The van der Waals surface area contributed by atoms with Crippen molar-refractivity contribution >= 4 is 6.08 Å². The minimum Gasteiger partial charge on any atom is -0.348 e. The van der Waals surface area contributed by atoms with Gasteiger partial charge in [0.25, 0.3) is 0 Å². The summed E-state index contributed by atoms with van der Waals surface area (Å²) < 4.78 is 0. The summed E-state index contributed by atoms with van der Waals surface area (Å²) in [7, 11) is 0. The number of nitrogens with zero attached hydrogens (tertiary/aromatic N) is 3. The van der Waals surface area contributed by atoms with Crippen LogP contribution in [0.2, 0.25) is 0 Å². The number of aromatic amines is 1. The number of benzene rings is 1. The number of piperidine rings is 1. The van der Waals surface area contributed by atoms with Crippen molar-refractivity contribution in [1.82, 2.24) is 14.9 Å². The molecular weight excluding hydrogens is 264 g/mol. The van der Waals surface area contributed by atoms with Gasteiger partial charge in [0.2, 0.25) is 6.08 Å². The fraction of sp³-hybridized carbons (Fsp3) is 0.375. The van der Waals surface area contributed by atoms with Gasteiger partial charge in [-0.3, -0.25) is 4.90 Å². The molecule has 0 bridgehead atoms. The van der Waals surface area contributed by atoms with E-state index < -0.39 is 0 Å². The largest absolute Gasteiger partial charge is 0.348 e. The Balaban J connectivity index is 1.72. The Morgan fingerprint density at radius 2 is 2.24 bits per heavy atom. The van der Waals surface area contributed by atoms with Gasteiger partial charge in [0.15, 0.2) is 0 Å². The van der Waals surface area contributed by atoms with Crippen LogP contribution in [0.25, 0.3) is 0 Å². The summed E-state index contributed by atoms with van der Waals surface area (Å²) in [6.45, 7) is 1.71. The van der Waals surface area contributed by atoms with Crippen molar-refractivity contribution in [1.29, 1.82) is 0 Å². The van der Waals surface area contributed by atoms with E-state index >= 15 is 0 Å². The third-order valence-corrected chi connectivity index (χ3v) is 4.02. The predicted octanol–water partition coefficient (Wildman–Crippen LogP) is 2.45. The quantitative estimate of drug-likeness (QED) is 0.692. The van der Waals surface area contributed by atoms with Gasteiger partial charge in [0.05, 0.1) is 0 Å². The molecular formula is C16H18N4O. The number of rotatable bonds is 4. The van der Waals surface area contributed by atoms with Crippen LogP contribution in [0.5, 0.6) is 0 Å². The van der Waals surface area contributed by atoms with E-state index in [-0.39, 0.29) is 6.17 Å². The zero-order valence-corrected chi connectivity index (χ0v) is 11.8. The van der Waals surface area contributed by atoms with Crippen molar-refractivity contribution in [2.75, 3.05) is 6.54 Å². The highest BCUT2D eigenvalue weighted by Crippen LogP contribution is 2.30. The van der Waals surface area contributed by atoms with Crippen LogP contribution in [-0.4, -0.2) is 33.7 Å². The molecule has 2 heterocycles. The summed E-state index contributed by atoms with van der Waals surface area (Å²) >= 11 is 0. The summed E-state index contributed by atoms with van der Waals surface area (Å²) in [5, 5.41) is 0. The van der Waals surface area contributed by atoms with Gasteiger partial charge in [-0.05, 0) is 18.4 Å². The highest BCUT2D eigenvalue weighted by molar-refractivity contribution is 5.33. The van der Waals surface area contributed by atoms with Gasteiger partial charge < -0.3 is 4.98 Å². The van der Waals surface area contributed by atoms with E-state index in [0.717, 1.165) is 31.8 Å². The van der Waals surface area contributed by atoms with Gasteiger partial charge in [0, 0.05) is 31.4 Å². The van der Waals surface area contributed by atoms with Gasteiger partial charge in [-0.2, -0.15) is 4.99 Å². The van der Waals surface area contributed by atoms with Crippen LogP contribution >= 0.6 is 0 Å². The highest BCUT2D eigenvalue weighted by Gasteiger charge is 2.30. The van der Waals surface area contributed by atoms with Crippen LogP contribution in [-0.2, 0) is 11.3 Å². The van der Waals surface area contributed by atoms with Crippen molar-refractivity contribution in [3.05, 3.63) is 54.1 Å². The summed E-state index contributed by atoms with van der Waals surface area (Å²) in [6, 6.07) is 10.3. The molecule has 5 nitrogen and oxygen atoms in total. The highest BCUT2D eigenvalue weighted by atomic mass is 16.1. The number of aromatic nitrogens is 2. The molecule has 5 heteroatoms. The van der Waals surface area contributed by atoms with Crippen molar-refractivity contribution in [2.24, 2.45) is 4.99 Å². The van der Waals surface area contributed by atoms with Crippen molar-refractivity contribution < 1.29 is 4.79 Å². The Morgan fingerprint density at radius 3 is 2.95 bits per heavy atom. The monoisotopic (exact) mass is 282 g/mol. The molecule has 21 heavy (non-hydrogen) atoms. The first-order valence-corrected chi connectivity index (χ1v) is 7.21. The molecule has 108 valence electrons. The van der Waals surface area contributed by atoms with E-state index in [2.05, 4.69) is 32.0 Å². The average Bonchev–Trinajstić information content (AvgIpc) is 3.05. The lowest BCUT2D eigenvalue weighted by Gasteiger charge is -2.35. The molecule has 0 amide bonds. The Labute approximate surface area is 123 Å². The third-order valence-electron chi connectivity index (χ3n) is 4.02. The molecule has 0 aliphatic carbocycles. The number of H-pyrrole nitrogens is 1. The van der Waals surface area contributed by atoms with E-state index in [1.54, 1.807) is 12.3 Å². The second kappa shape index (κ2) is 6.48. The molecule has 1 aliphatic heterocycles. The first kappa shape index (κ1) is 13.7. The number of nitrogens with one attached hydrogen (secondary N) is 1. The fourth-order valence-electron chi connectivity index (χ4n) is 2.94. The van der Waals surface area contributed by atoms with Crippen LogP contribution in [0.3, 0.4) is 0 Å². The zero-order chi connectivity index (χ0) is 14.5. The number of hydrogen-bond donors (Lipinski definition) is 1.